The fourth-order valence-electron chi connectivity index (χ4n) is 3.68. The highest BCUT2D eigenvalue weighted by Crippen LogP contribution is 2.25. The van der Waals surface area contributed by atoms with Gasteiger partial charge in [0.25, 0.3) is 12.5 Å². The predicted molar refractivity (Wildman–Crippen MR) is 168 cm³/mol. The summed E-state index contributed by atoms with van der Waals surface area (Å²) in [6, 6.07) is 35.7. The molecule has 0 fully saturated rings. The Balaban J connectivity index is 0.000000288. The molecule has 0 N–H and O–H groups in total. The summed E-state index contributed by atoms with van der Waals surface area (Å²) in [6.07, 6.45) is 7.01. The summed E-state index contributed by atoms with van der Waals surface area (Å²) >= 11 is 3.82. The van der Waals surface area contributed by atoms with Gasteiger partial charge in [-0.3, -0.25) is 0 Å². The van der Waals surface area contributed by atoms with Gasteiger partial charge in [0.1, 0.15) is 11.5 Å². The molecule has 5 aromatic carbocycles. The minimum Gasteiger partial charge on any atom is -0.387 e. The molecule has 206 valence electrons. The second-order valence-electron chi connectivity index (χ2n) is 8.06. The first-order valence-corrected chi connectivity index (χ1v) is 12.8. The lowest BCUT2D eigenvalue weighted by Gasteiger charge is -2.00. The van der Waals surface area contributed by atoms with Crippen molar-refractivity contribution < 1.29 is 9.47 Å². The SMILES string of the molecule is C.CCc1ccc(CC)cc1.N#CN=S.N#COc1cccc2ccccc12.N#COc1cccc2ccccc12. The Morgan fingerprint density at radius 2 is 0.927 bits per heavy atom. The van der Waals surface area contributed by atoms with E-state index in [2.05, 4.69) is 54.9 Å². The van der Waals surface area contributed by atoms with Crippen LogP contribution in [0.1, 0.15) is 32.4 Å². The number of benzene rings is 5. The molecule has 0 aromatic heterocycles. The van der Waals surface area contributed by atoms with Crippen molar-refractivity contribution in [2.24, 2.45) is 4.36 Å². The summed E-state index contributed by atoms with van der Waals surface area (Å²) in [5, 5.41) is 28.3. The summed E-state index contributed by atoms with van der Waals surface area (Å²) in [5.74, 6) is 1.22. The molecule has 5 rings (SSSR count). The molecule has 0 aliphatic heterocycles. The van der Waals surface area contributed by atoms with E-state index in [1.807, 2.05) is 72.8 Å². The molecule has 0 heterocycles. The lowest BCUT2D eigenvalue weighted by atomic mass is 10.1. The van der Waals surface area contributed by atoms with E-state index in [0.717, 1.165) is 34.4 Å². The molecule has 41 heavy (non-hydrogen) atoms. The van der Waals surface area contributed by atoms with Gasteiger partial charge >= 0.3 is 0 Å². The zero-order chi connectivity index (χ0) is 29.0. The first-order chi connectivity index (χ1) is 19.6. The zero-order valence-corrected chi connectivity index (χ0v) is 23.1. The van der Waals surface area contributed by atoms with Gasteiger partial charge in [-0.25, -0.2) is 0 Å². The normalized spacial score (nSPS) is 8.76. The zero-order valence-electron chi connectivity index (χ0n) is 22.3. The number of nitriles is 3. The lowest BCUT2D eigenvalue weighted by molar-refractivity contribution is 0.513. The van der Waals surface area contributed by atoms with Crippen LogP contribution in [0.2, 0.25) is 0 Å². The third-order valence-electron chi connectivity index (χ3n) is 5.69. The molecule has 0 spiro atoms. The first-order valence-electron chi connectivity index (χ1n) is 12.5. The lowest BCUT2D eigenvalue weighted by Crippen LogP contribution is -1.82. The standard InChI is InChI=1S/2C11H7NO.C10H14.CN2S.CH4/c2*12-8-13-11-7-3-5-9-4-1-2-6-10(9)11;1-3-9-5-7-10(4-2)8-6-9;2-1-3-4;/h2*1-7H;5-8H,3-4H2,1-2H3;;1H4. The number of nitrogens with zero attached hydrogens (tertiary/aromatic N) is 4. The van der Waals surface area contributed by atoms with E-state index >= 15 is 0 Å². The molecular weight excluding hydrogens is 528 g/mol. The van der Waals surface area contributed by atoms with Crippen LogP contribution in [0.3, 0.4) is 0 Å². The van der Waals surface area contributed by atoms with Crippen molar-refractivity contribution in [3.05, 3.63) is 120 Å². The molecule has 0 radical (unpaired) electrons. The van der Waals surface area contributed by atoms with Crippen molar-refractivity contribution in [2.75, 3.05) is 0 Å². The highest BCUT2D eigenvalue weighted by molar-refractivity contribution is 7.47. The molecule has 0 amide bonds. The Hall–Kier alpha value is -5.29. The number of hydrogen-bond acceptors (Lipinski definition) is 7. The summed E-state index contributed by atoms with van der Waals surface area (Å²) in [5.41, 5.74) is 2.86. The highest BCUT2D eigenvalue weighted by Gasteiger charge is 2.00. The summed E-state index contributed by atoms with van der Waals surface area (Å²) in [6.45, 7) is 4.36. The summed E-state index contributed by atoms with van der Waals surface area (Å²) < 4.78 is 12.3. The predicted octanol–water partition coefficient (Wildman–Crippen LogP) is 9.04. The number of fused-ring (bicyclic) bond motifs is 2. The number of aryl methyl sites for hydroxylation is 2. The maximum Gasteiger partial charge on any atom is 0.292 e. The molecule has 0 aliphatic carbocycles. The molecule has 7 heteroatoms. The molecule has 6 nitrogen and oxygen atoms in total. The second-order valence-corrected chi connectivity index (χ2v) is 8.24. The maximum absolute atomic E-state index is 8.41. The molecule has 0 bridgehead atoms. The molecule has 0 unspecified atom stereocenters. The van der Waals surface area contributed by atoms with E-state index in [4.69, 9.17) is 25.3 Å². The van der Waals surface area contributed by atoms with Crippen LogP contribution in [-0.2, 0) is 25.3 Å². The van der Waals surface area contributed by atoms with Crippen LogP contribution in [0.25, 0.3) is 21.5 Å². The Morgan fingerprint density at radius 3 is 1.24 bits per heavy atom. The summed E-state index contributed by atoms with van der Waals surface area (Å²) in [7, 11) is 0. The third-order valence-corrected chi connectivity index (χ3v) is 5.77. The van der Waals surface area contributed by atoms with E-state index in [-0.39, 0.29) is 7.43 Å². The third kappa shape index (κ3) is 11.2. The second kappa shape index (κ2) is 19.7. The van der Waals surface area contributed by atoms with Gasteiger partial charge in [-0.15, -0.1) is 14.9 Å². The highest BCUT2D eigenvalue weighted by atomic mass is 32.1. The van der Waals surface area contributed by atoms with Gasteiger partial charge < -0.3 is 9.47 Å². The van der Waals surface area contributed by atoms with E-state index in [0.29, 0.717) is 11.5 Å². The Kier molecular flexibility index (Phi) is 16.2. The van der Waals surface area contributed by atoms with Gasteiger partial charge in [0.15, 0.2) is 0 Å². The van der Waals surface area contributed by atoms with Crippen LogP contribution in [-0.4, -0.2) is 0 Å². The van der Waals surface area contributed by atoms with E-state index in [1.54, 1.807) is 24.6 Å². The molecule has 0 saturated heterocycles. The van der Waals surface area contributed by atoms with Crippen LogP contribution in [0.15, 0.2) is 114 Å². The first kappa shape index (κ1) is 33.7. The number of hydrogen-bond donors (Lipinski definition) is 0. The maximum atomic E-state index is 8.41. The largest absolute Gasteiger partial charge is 0.387 e. The van der Waals surface area contributed by atoms with Crippen LogP contribution >= 0.6 is 0 Å². The number of rotatable bonds is 4. The van der Waals surface area contributed by atoms with Crippen molar-refractivity contribution in [1.29, 1.82) is 15.8 Å². The van der Waals surface area contributed by atoms with E-state index in [1.165, 1.54) is 17.3 Å². The molecule has 0 atom stereocenters. The fraction of sp³-hybridized carbons (Fsp3) is 0.147. The smallest absolute Gasteiger partial charge is 0.292 e. The fourth-order valence-corrected chi connectivity index (χ4v) is 3.68. The van der Waals surface area contributed by atoms with Crippen molar-refractivity contribution in [3.63, 3.8) is 0 Å². The Labute approximate surface area is 247 Å². The van der Waals surface area contributed by atoms with Crippen LogP contribution in [0.4, 0.5) is 0 Å². The minimum atomic E-state index is 0. The van der Waals surface area contributed by atoms with Crippen molar-refractivity contribution in [2.45, 2.75) is 34.1 Å². The summed E-state index contributed by atoms with van der Waals surface area (Å²) in [4.78, 5) is 0. The van der Waals surface area contributed by atoms with Crippen molar-refractivity contribution >= 4 is 34.0 Å². The van der Waals surface area contributed by atoms with Gasteiger partial charge in [-0.1, -0.05) is 118 Å². The monoisotopic (exact) mass is 560 g/mol. The molecule has 0 saturated carbocycles. The van der Waals surface area contributed by atoms with Crippen LogP contribution in [0, 0.1) is 34.5 Å². The molecule has 0 aliphatic rings. The Bertz CT molecular complexity index is 1510. The topological polar surface area (TPSA) is 102 Å². The van der Waals surface area contributed by atoms with Gasteiger partial charge in [0.2, 0.25) is 6.19 Å². The number of ether oxygens (including phenoxy) is 2. The van der Waals surface area contributed by atoms with Gasteiger partial charge in [0, 0.05) is 10.8 Å². The van der Waals surface area contributed by atoms with Crippen LogP contribution < -0.4 is 9.47 Å². The average molecular weight is 561 g/mol. The van der Waals surface area contributed by atoms with Gasteiger partial charge in [0.05, 0.1) is 12.4 Å². The quantitative estimate of drug-likeness (QED) is 0.203. The van der Waals surface area contributed by atoms with Crippen molar-refractivity contribution in [3.8, 4) is 30.2 Å². The van der Waals surface area contributed by atoms with Crippen LogP contribution in [0.5, 0.6) is 11.5 Å². The minimum absolute atomic E-state index is 0. The molecular formula is C34H32N4O2S. The van der Waals surface area contributed by atoms with Gasteiger partial charge in [-0.05, 0) is 46.9 Å². The molecule has 5 aromatic rings. The Morgan fingerprint density at radius 1 is 0.585 bits per heavy atom. The van der Waals surface area contributed by atoms with Crippen molar-refractivity contribution in [1.82, 2.24) is 0 Å². The average Bonchev–Trinajstić information content (AvgIpc) is 3.02. The van der Waals surface area contributed by atoms with E-state index < -0.39 is 0 Å². The van der Waals surface area contributed by atoms with Gasteiger partial charge in [-0.2, -0.15) is 5.26 Å². The van der Waals surface area contributed by atoms with E-state index in [9.17, 15) is 0 Å².